The average Bonchev–Trinajstić information content (AvgIpc) is 2.81. The number of nitrogens with one attached hydrogen (secondary N) is 1. The van der Waals surface area contributed by atoms with Gasteiger partial charge in [-0.1, -0.05) is 62.6 Å². The van der Waals surface area contributed by atoms with E-state index in [0.29, 0.717) is 23.4 Å². The van der Waals surface area contributed by atoms with Gasteiger partial charge in [0.05, 0.1) is 5.56 Å². The smallest absolute Gasteiger partial charge is 0.355 e. The third-order valence-corrected chi connectivity index (χ3v) is 5.44. The molecule has 1 atom stereocenters. The lowest BCUT2D eigenvalue weighted by Gasteiger charge is -2.22. The first-order valence-electron chi connectivity index (χ1n) is 11.1. The largest absolute Gasteiger partial charge is 0.416 e. The van der Waals surface area contributed by atoms with Crippen LogP contribution in [0.1, 0.15) is 50.7 Å². The SMILES string of the molecule is CCCCCCNC(=O)C(/C=C(\C)c1ccc(C(F)(F)F)cc1)C(=O)N(C)c1ccccc1. The first-order chi connectivity index (χ1) is 15.6. The standard InChI is InChI=1S/C26H31F3N2O2/c1-4-5-6-10-17-30-24(32)23(25(33)31(3)22-11-8-7-9-12-22)18-19(2)20-13-15-21(16-14-20)26(27,28)29/h7-9,11-16,18,23H,4-6,10,17H2,1-3H3,(H,30,32)/b19-18+. The fraction of sp³-hybridized carbons (Fsp3) is 0.385. The second kappa shape index (κ2) is 12.2. The molecule has 0 aliphatic carbocycles. The molecular formula is C26H31F3N2O2. The number of benzene rings is 2. The van der Waals surface area contributed by atoms with E-state index in [0.717, 1.165) is 37.8 Å². The summed E-state index contributed by atoms with van der Waals surface area (Å²) in [5.74, 6) is -1.95. The predicted molar refractivity (Wildman–Crippen MR) is 126 cm³/mol. The molecule has 7 heteroatoms. The molecule has 0 heterocycles. The van der Waals surface area contributed by atoms with Crippen LogP contribution in [0.2, 0.25) is 0 Å². The van der Waals surface area contributed by atoms with Gasteiger partial charge in [0.25, 0.3) is 0 Å². The van der Waals surface area contributed by atoms with Crippen molar-refractivity contribution in [3.8, 4) is 0 Å². The first kappa shape index (κ1) is 26.2. The van der Waals surface area contributed by atoms with Gasteiger partial charge in [-0.2, -0.15) is 13.2 Å². The van der Waals surface area contributed by atoms with Crippen LogP contribution in [0.4, 0.5) is 18.9 Å². The highest BCUT2D eigenvalue weighted by atomic mass is 19.4. The van der Waals surface area contributed by atoms with E-state index in [4.69, 9.17) is 0 Å². The van der Waals surface area contributed by atoms with E-state index in [1.807, 2.05) is 6.07 Å². The zero-order valence-corrected chi connectivity index (χ0v) is 19.3. The number of allylic oxidation sites excluding steroid dienone is 1. The second-order valence-electron chi connectivity index (χ2n) is 7.99. The van der Waals surface area contributed by atoms with E-state index in [2.05, 4.69) is 12.2 Å². The van der Waals surface area contributed by atoms with Crippen molar-refractivity contribution >= 4 is 23.1 Å². The minimum Gasteiger partial charge on any atom is -0.355 e. The Morgan fingerprint density at radius 3 is 2.21 bits per heavy atom. The molecule has 0 saturated heterocycles. The van der Waals surface area contributed by atoms with E-state index in [1.54, 1.807) is 38.2 Å². The van der Waals surface area contributed by atoms with Crippen LogP contribution in [0.5, 0.6) is 0 Å². The van der Waals surface area contributed by atoms with Crippen LogP contribution in [0.25, 0.3) is 5.57 Å². The fourth-order valence-corrected chi connectivity index (χ4v) is 3.39. The number of rotatable bonds is 10. The maximum Gasteiger partial charge on any atom is 0.416 e. The number of alkyl halides is 3. The topological polar surface area (TPSA) is 49.4 Å². The molecule has 0 bridgehead atoms. The van der Waals surface area contributed by atoms with Crippen molar-refractivity contribution in [3.05, 3.63) is 71.8 Å². The second-order valence-corrected chi connectivity index (χ2v) is 7.99. The molecule has 0 saturated carbocycles. The third kappa shape index (κ3) is 7.77. The lowest BCUT2D eigenvalue weighted by molar-refractivity contribution is -0.137. The van der Waals surface area contributed by atoms with Gasteiger partial charge in [0.1, 0.15) is 5.92 Å². The number of amides is 2. The van der Waals surface area contributed by atoms with Crippen LogP contribution >= 0.6 is 0 Å². The quantitative estimate of drug-likeness (QED) is 0.345. The molecule has 1 unspecified atom stereocenters. The van der Waals surface area contributed by atoms with Crippen LogP contribution in [0.15, 0.2) is 60.7 Å². The summed E-state index contributed by atoms with van der Waals surface area (Å²) in [5, 5.41) is 2.83. The van der Waals surface area contributed by atoms with Gasteiger partial charge in [0.15, 0.2) is 0 Å². The minimum absolute atomic E-state index is 0.418. The monoisotopic (exact) mass is 460 g/mol. The van der Waals surface area contributed by atoms with Crippen molar-refractivity contribution in [1.82, 2.24) is 5.32 Å². The number of hydrogen-bond acceptors (Lipinski definition) is 2. The average molecular weight is 461 g/mol. The zero-order chi connectivity index (χ0) is 24.4. The van der Waals surface area contributed by atoms with Crippen molar-refractivity contribution in [2.24, 2.45) is 5.92 Å². The minimum atomic E-state index is -4.43. The van der Waals surface area contributed by atoms with E-state index in [-0.39, 0.29) is 0 Å². The third-order valence-electron chi connectivity index (χ3n) is 5.44. The number of halogens is 3. The lowest BCUT2D eigenvalue weighted by atomic mass is 9.98. The number of nitrogens with zero attached hydrogens (tertiary/aromatic N) is 1. The zero-order valence-electron chi connectivity index (χ0n) is 19.3. The first-order valence-corrected chi connectivity index (χ1v) is 11.1. The summed E-state index contributed by atoms with van der Waals surface area (Å²) in [6, 6.07) is 13.6. The molecule has 0 radical (unpaired) electrons. The predicted octanol–water partition coefficient (Wildman–Crippen LogP) is 6.08. The number of carbonyl (C=O) groups excluding carboxylic acids is 2. The number of para-hydroxylation sites is 1. The molecule has 1 N–H and O–H groups in total. The van der Waals surface area contributed by atoms with Gasteiger partial charge in [-0.25, -0.2) is 0 Å². The Morgan fingerprint density at radius 2 is 1.64 bits per heavy atom. The number of hydrogen-bond donors (Lipinski definition) is 1. The molecule has 4 nitrogen and oxygen atoms in total. The van der Waals surface area contributed by atoms with Crippen LogP contribution in [-0.2, 0) is 15.8 Å². The summed E-state index contributed by atoms with van der Waals surface area (Å²) in [7, 11) is 1.60. The molecule has 2 rings (SSSR count). The number of carbonyl (C=O) groups is 2. The van der Waals surface area contributed by atoms with E-state index in [9.17, 15) is 22.8 Å². The highest BCUT2D eigenvalue weighted by molar-refractivity contribution is 6.09. The van der Waals surface area contributed by atoms with Crippen molar-refractivity contribution in [1.29, 1.82) is 0 Å². The molecule has 33 heavy (non-hydrogen) atoms. The maximum atomic E-state index is 13.2. The molecule has 178 valence electrons. The molecule has 2 aromatic rings. The summed E-state index contributed by atoms with van der Waals surface area (Å²) in [6.07, 6.45) is 1.04. The van der Waals surface area contributed by atoms with Crippen molar-refractivity contribution in [2.75, 3.05) is 18.5 Å². The van der Waals surface area contributed by atoms with Gasteiger partial charge in [-0.15, -0.1) is 0 Å². The van der Waals surface area contributed by atoms with Gasteiger partial charge in [0, 0.05) is 19.3 Å². The van der Waals surface area contributed by atoms with Gasteiger partial charge in [0.2, 0.25) is 11.8 Å². The van der Waals surface area contributed by atoms with Gasteiger partial charge in [-0.3, -0.25) is 9.59 Å². The Morgan fingerprint density at radius 1 is 1.00 bits per heavy atom. The van der Waals surface area contributed by atoms with Crippen molar-refractivity contribution in [3.63, 3.8) is 0 Å². The van der Waals surface area contributed by atoms with Crippen molar-refractivity contribution in [2.45, 2.75) is 45.7 Å². The Bertz CT molecular complexity index is 938. The number of unbranched alkanes of at least 4 members (excludes halogenated alkanes) is 3. The van der Waals surface area contributed by atoms with E-state index < -0.39 is 29.5 Å². The number of anilines is 1. The highest BCUT2D eigenvalue weighted by Crippen LogP contribution is 2.30. The Kier molecular flexibility index (Phi) is 9.70. The summed E-state index contributed by atoms with van der Waals surface area (Å²) in [4.78, 5) is 27.6. The molecule has 0 aromatic heterocycles. The lowest BCUT2D eigenvalue weighted by Crippen LogP contribution is -2.41. The Hall–Kier alpha value is -3.09. The molecule has 0 aliphatic heterocycles. The Labute approximate surface area is 193 Å². The molecule has 0 aliphatic rings. The summed E-state index contributed by atoms with van der Waals surface area (Å²) in [6.45, 7) is 4.24. The maximum absolute atomic E-state index is 13.2. The van der Waals surface area contributed by atoms with Crippen LogP contribution < -0.4 is 10.2 Å². The van der Waals surface area contributed by atoms with Crippen molar-refractivity contribution < 1.29 is 22.8 Å². The highest BCUT2D eigenvalue weighted by Gasteiger charge is 2.30. The van der Waals surface area contributed by atoms with Crippen LogP contribution in [0.3, 0.4) is 0 Å². The summed E-state index contributed by atoms with van der Waals surface area (Å²) < 4.78 is 38.6. The Balaban J connectivity index is 2.26. The molecule has 0 spiro atoms. The van der Waals surface area contributed by atoms with Gasteiger partial charge in [-0.05, 0) is 48.7 Å². The van der Waals surface area contributed by atoms with Crippen LogP contribution in [0, 0.1) is 5.92 Å². The normalized spacial score (nSPS) is 12.8. The molecule has 0 fully saturated rings. The van der Waals surface area contributed by atoms with Gasteiger partial charge >= 0.3 is 6.18 Å². The van der Waals surface area contributed by atoms with E-state index >= 15 is 0 Å². The fourth-order valence-electron chi connectivity index (χ4n) is 3.39. The summed E-state index contributed by atoms with van der Waals surface area (Å²) in [5.41, 5.74) is 0.952. The van der Waals surface area contributed by atoms with Gasteiger partial charge < -0.3 is 10.2 Å². The molecule has 2 amide bonds. The summed E-state index contributed by atoms with van der Waals surface area (Å²) >= 11 is 0. The van der Waals surface area contributed by atoms with E-state index in [1.165, 1.54) is 23.1 Å². The molecule has 2 aromatic carbocycles. The van der Waals surface area contributed by atoms with Crippen LogP contribution in [-0.4, -0.2) is 25.4 Å². The molecular weight excluding hydrogens is 429 g/mol.